The number of nitriles is 1. The van der Waals surface area contributed by atoms with Crippen molar-refractivity contribution in [2.45, 2.75) is 13.0 Å². The van der Waals surface area contributed by atoms with Crippen LogP contribution in [-0.2, 0) is 0 Å². The molecule has 0 amide bonds. The second-order valence-electron chi connectivity index (χ2n) is 5.40. The van der Waals surface area contributed by atoms with Crippen LogP contribution in [0.3, 0.4) is 0 Å². The third-order valence-electron chi connectivity index (χ3n) is 3.93. The van der Waals surface area contributed by atoms with Gasteiger partial charge in [-0.2, -0.15) is 5.26 Å². The molecule has 0 saturated carbocycles. The Hall–Kier alpha value is -3.12. The fourth-order valence-corrected chi connectivity index (χ4v) is 2.81. The van der Waals surface area contributed by atoms with Crippen LogP contribution >= 0.6 is 0 Å². The molecule has 1 heterocycles. The van der Waals surface area contributed by atoms with Gasteiger partial charge in [-0.15, -0.1) is 0 Å². The summed E-state index contributed by atoms with van der Waals surface area (Å²) in [5.41, 5.74) is 2.75. The lowest BCUT2D eigenvalue weighted by Crippen LogP contribution is -2.29. The van der Waals surface area contributed by atoms with Gasteiger partial charge in [-0.1, -0.05) is 60.7 Å². The molecule has 3 heteroatoms. The van der Waals surface area contributed by atoms with Crippen LogP contribution in [0.15, 0.2) is 77.6 Å². The van der Waals surface area contributed by atoms with Gasteiger partial charge in [0.25, 0.3) is 5.56 Å². The first kappa shape index (κ1) is 14.8. The van der Waals surface area contributed by atoms with Crippen LogP contribution in [0.25, 0.3) is 0 Å². The highest BCUT2D eigenvalue weighted by atomic mass is 16.1. The van der Waals surface area contributed by atoms with Crippen molar-refractivity contribution < 1.29 is 0 Å². The Bertz CT molecular complexity index is 866. The van der Waals surface area contributed by atoms with Crippen LogP contribution < -0.4 is 5.56 Å². The van der Waals surface area contributed by atoms with Crippen LogP contribution in [0, 0.1) is 18.3 Å². The lowest BCUT2D eigenvalue weighted by Gasteiger charge is -2.23. The Labute approximate surface area is 135 Å². The van der Waals surface area contributed by atoms with E-state index < -0.39 is 0 Å². The van der Waals surface area contributed by atoms with Gasteiger partial charge in [0.1, 0.15) is 11.6 Å². The van der Waals surface area contributed by atoms with Gasteiger partial charge >= 0.3 is 0 Å². The first-order valence-corrected chi connectivity index (χ1v) is 7.44. The third kappa shape index (κ3) is 2.79. The summed E-state index contributed by atoms with van der Waals surface area (Å²) in [5.74, 6) is 0. The largest absolute Gasteiger partial charge is 0.300 e. The number of aromatic nitrogens is 1. The smallest absolute Gasteiger partial charge is 0.269 e. The van der Waals surface area contributed by atoms with E-state index in [2.05, 4.69) is 0 Å². The number of pyridine rings is 1. The summed E-state index contributed by atoms with van der Waals surface area (Å²) in [4.78, 5) is 12.7. The van der Waals surface area contributed by atoms with Crippen LogP contribution in [0.5, 0.6) is 0 Å². The topological polar surface area (TPSA) is 45.8 Å². The minimum atomic E-state index is -0.259. The van der Waals surface area contributed by atoms with E-state index in [0.29, 0.717) is 0 Å². The predicted octanol–water partition coefficient (Wildman–Crippen LogP) is 3.67. The monoisotopic (exact) mass is 300 g/mol. The van der Waals surface area contributed by atoms with E-state index in [1.165, 1.54) is 0 Å². The molecule has 0 fully saturated rings. The van der Waals surface area contributed by atoms with E-state index in [-0.39, 0.29) is 17.2 Å². The van der Waals surface area contributed by atoms with Crippen LogP contribution in [0.2, 0.25) is 0 Å². The SMILES string of the molecule is Cc1ccc(C#N)c(=O)n1C(c1ccccc1)c1ccccc1. The molecule has 3 aromatic rings. The van der Waals surface area contributed by atoms with Gasteiger partial charge < -0.3 is 4.57 Å². The van der Waals surface area contributed by atoms with E-state index in [4.69, 9.17) is 0 Å². The Balaban J connectivity index is 2.31. The number of nitrogens with zero attached hydrogens (tertiary/aromatic N) is 2. The zero-order valence-corrected chi connectivity index (χ0v) is 12.8. The van der Waals surface area contributed by atoms with Crippen molar-refractivity contribution in [3.8, 4) is 6.07 Å². The normalized spacial score (nSPS) is 10.5. The fraction of sp³-hybridized carbons (Fsp3) is 0.100. The maximum absolute atomic E-state index is 12.7. The van der Waals surface area contributed by atoms with E-state index in [0.717, 1.165) is 16.8 Å². The number of rotatable bonds is 3. The summed E-state index contributed by atoms with van der Waals surface area (Å²) in [5, 5.41) is 9.19. The summed E-state index contributed by atoms with van der Waals surface area (Å²) in [7, 11) is 0. The van der Waals surface area contributed by atoms with Crippen molar-refractivity contribution in [2.24, 2.45) is 0 Å². The molecule has 0 bridgehead atoms. The molecular formula is C20H16N2O. The molecule has 0 aliphatic carbocycles. The molecule has 23 heavy (non-hydrogen) atoms. The van der Waals surface area contributed by atoms with E-state index in [1.54, 1.807) is 10.6 Å². The molecule has 112 valence electrons. The third-order valence-corrected chi connectivity index (χ3v) is 3.93. The second-order valence-corrected chi connectivity index (χ2v) is 5.40. The molecule has 3 rings (SSSR count). The molecule has 0 unspecified atom stereocenters. The number of hydrogen-bond acceptors (Lipinski definition) is 2. The van der Waals surface area contributed by atoms with E-state index in [9.17, 15) is 10.1 Å². The first-order valence-electron chi connectivity index (χ1n) is 7.44. The molecule has 1 aromatic heterocycles. The standard InChI is InChI=1S/C20H16N2O/c1-15-12-13-18(14-21)20(23)22(15)19(16-8-4-2-5-9-16)17-10-6-3-7-11-17/h2-13,19H,1H3. The van der Waals surface area contributed by atoms with Gasteiger partial charge in [-0.3, -0.25) is 4.79 Å². The van der Waals surface area contributed by atoms with Crippen molar-refractivity contribution in [1.29, 1.82) is 5.26 Å². The lowest BCUT2D eigenvalue weighted by molar-refractivity contribution is 0.629. The summed E-state index contributed by atoms with van der Waals surface area (Å²) >= 11 is 0. The number of benzene rings is 2. The average Bonchev–Trinajstić information content (AvgIpc) is 2.60. The highest BCUT2D eigenvalue weighted by Gasteiger charge is 2.20. The van der Waals surface area contributed by atoms with Crippen LogP contribution in [0.1, 0.15) is 28.4 Å². The molecule has 0 atom stereocenters. The molecule has 0 spiro atoms. The fourth-order valence-electron chi connectivity index (χ4n) is 2.81. The van der Waals surface area contributed by atoms with Crippen molar-refractivity contribution >= 4 is 0 Å². The summed E-state index contributed by atoms with van der Waals surface area (Å²) in [6.45, 7) is 1.89. The van der Waals surface area contributed by atoms with Gasteiger partial charge in [0.15, 0.2) is 0 Å². The van der Waals surface area contributed by atoms with Gasteiger partial charge in [0, 0.05) is 5.69 Å². The molecule has 3 nitrogen and oxygen atoms in total. The minimum Gasteiger partial charge on any atom is -0.300 e. The van der Waals surface area contributed by atoms with Gasteiger partial charge in [-0.05, 0) is 30.2 Å². The summed E-state index contributed by atoms with van der Waals surface area (Å²) < 4.78 is 1.70. The number of aryl methyl sites for hydroxylation is 1. The predicted molar refractivity (Wildman–Crippen MR) is 90.3 cm³/mol. The molecule has 0 aliphatic rings. The van der Waals surface area contributed by atoms with Gasteiger partial charge in [0.05, 0.1) is 6.04 Å². The lowest BCUT2D eigenvalue weighted by atomic mass is 9.97. The molecule has 0 radical (unpaired) electrons. The number of hydrogen-bond donors (Lipinski definition) is 0. The van der Waals surface area contributed by atoms with Crippen LogP contribution in [0.4, 0.5) is 0 Å². The van der Waals surface area contributed by atoms with E-state index >= 15 is 0 Å². The van der Waals surface area contributed by atoms with Crippen LogP contribution in [-0.4, -0.2) is 4.57 Å². The Morgan fingerprint density at radius 2 is 1.39 bits per heavy atom. The zero-order chi connectivity index (χ0) is 16.2. The Morgan fingerprint density at radius 1 is 0.870 bits per heavy atom. The zero-order valence-electron chi connectivity index (χ0n) is 12.8. The highest BCUT2D eigenvalue weighted by molar-refractivity contribution is 5.36. The van der Waals surface area contributed by atoms with Crippen molar-refractivity contribution in [2.75, 3.05) is 0 Å². The quantitative estimate of drug-likeness (QED) is 0.741. The maximum atomic E-state index is 12.7. The molecule has 0 N–H and O–H groups in total. The summed E-state index contributed by atoms with van der Waals surface area (Å²) in [6, 6.07) is 24.9. The average molecular weight is 300 g/mol. The second kappa shape index (κ2) is 6.33. The van der Waals surface area contributed by atoms with Gasteiger partial charge in [0.2, 0.25) is 0 Å². The molecular weight excluding hydrogens is 284 g/mol. The van der Waals surface area contributed by atoms with E-state index in [1.807, 2.05) is 79.7 Å². The molecule has 0 saturated heterocycles. The molecule has 2 aromatic carbocycles. The maximum Gasteiger partial charge on any atom is 0.269 e. The molecule has 0 aliphatic heterocycles. The highest BCUT2D eigenvalue weighted by Crippen LogP contribution is 2.26. The first-order chi connectivity index (χ1) is 11.2. The Kier molecular flexibility index (Phi) is 4.07. The van der Waals surface area contributed by atoms with Gasteiger partial charge in [-0.25, -0.2) is 0 Å². The summed E-state index contributed by atoms with van der Waals surface area (Å²) in [6.07, 6.45) is 0. The minimum absolute atomic E-state index is 0.160. The van der Waals surface area contributed by atoms with Crippen molar-refractivity contribution in [1.82, 2.24) is 4.57 Å². The Morgan fingerprint density at radius 3 is 1.87 bits per heavy atom. The van der Waals surface area contributed by atoms with Crippen molar-refractivity contribution in [3.05, 3.63) is 106 Å². The van der Waals surface area contributed by atoms with Crippen molar-refractivity contribution in [3.63, 3.8) is 0 Å².